The standard InChI is InChI=1S/C20H23Cl2N3O2/c1-23-20(26)14-5-7-16(8-6-14)24-11-17-13-25(9-10-27-17)12-15-3-2-4-18(21)19(15)22/h2-8,17,24H,9-13H2,1H3,(H,23,26). The number of carbonyl (C=O) groups is 1. The van der Waals surface area contributed by atoms with Crippen LogP contribution in [0.3, 0.4) is 0 Å². The quantitative estimate of drug-likeness (QED) is 0.766. The lowest BCUT2D eigenvalue weighted by molar-refractivity contribution is -0.0240. The van der Waals surface area contributed by atoms with Crippen molar-refractivity contribution >= 4 is 34.8 Å². The second kappa shape index (κ2) is 9.42. The minimum atomic E-state index is -0.0903. The van der Waals surface area contributed by atoms with Gasteiger partial charge in [0.25, 0.3) is 5.91 Å². The summed E-state index contributed by atoms with van der Waals surface area (Å²) < 4.78 is 5.87. The molecule has 5 nitrogen and oxygen atoms in total. The first-order valence-electron chi connectivity index (χ1n) is 8.89. The molecule has 1 unspecified atom stereocenters. The normalized spacial score (nSPS) is 17.5. The average Bonchev–Trinajstić information content (AvgIpc) is 2.70. The number of benzene rings is 2. The van der Waals surface area contributed by atoms with Crippen LogP contribution in [-0.2, 0) is 11.3 Å². The van der Waals surface area contributed by atoms with Crippen molar-refractivity contribution in [3.05, 3.63) is 63.6 Å². The molecular formula is C20H23Cl2N3O2. The van der Waals surface area contributed by atoms with Crippen LogP contribution < -0.4 is 10.6 Å². The number of halogens is 2. The lowest BCUT2D eigenvalue weighted by Gasteiger charge is -2.33. The van der Waals surface area contributed by atoms with Gasteiger partial charge in [-0.05, 0) is 35.9 Å². The molecule has 0 radical (unpaired) electrons. The van der Waals surface area contributed by atoms with E-state index in [0.29, 0.717) is 28.8 Å². The van der Waals surface area contributed by atoms with Gasteiger partial charge in [0.05, 0.1) is 22.8 Å². The first-order chi connectivity index (χ1) is 13.1. The van der Waals surface area contributed by atoms with E-state index in [1.807, 2.05) is 24.3 Å². The highest BCUT2D eigenvalue weighted by Crippen LogP contribution is 2.27. The second-order valence-electron chi connectivity index (χ2n) is 6.48. The minimum Gasteiger partial charge on any atom is -0.382 e. The molecule has 7 heteroatoms. The molecule has 0 bridgehead atoms. The molecule has 144 valence electrons. The van der Waals surface area contributed by atoms with Gasteiger partial charge < -0.3 is 15.4 Å². The lowest BCUT2D eigenvalue weighted by atomic mass is 10.1. The Morgan fingerprint density at radius 3 is 2.74 bits per heavy atom. The predicted octanol–water partition coefficient (Wildman–Crippen LogP) is 3.67. The molecule has 0 saturated carbocycles. The van der Waals surface area contributed by atoms with Gasteiger partial charge in [0.15, 0.2) is 0 Å². The number of ether oxygens (including phenoxy) is 1. The summed E-state index contributed by atoms with van der Waals surface area (Å²) in [6, 6.07) is 13.1. The van der Waals surface area contributed by atoms with Crippen LogP contribution >= 0.6 is 23.2 Å². The number of hydrogen-bond donors (Lipinski definition) is 2. The molecule has 2 aromatic rings. The first-order valence-corrected chi connectivity index (χ1v) is 9.65. The van der Waals surface area contributed by atoms with Crippen LogP contribution in [0.5, 0.6) is 0 Å². The number of morpholine rings is 1. The molecule has 1 amide bonds. The van der Waals surface area contributed by atoms with Crippen molar-refractivity contribution in [3.8, 4) is 0 Å². The van der Waals surface area contributed by atoms with E-state index in [9.17, 15) is 4.79 Å². The molecular weight excluding hydrogens is 385 g/mol. The summed E-state index contributed by atoms with van der Waals surface area (Å²) in [5.74, 6) is -0.0903. The number of nitrogens with one attached hydrogen (secondary N) is 2. The van der Waals surface area contributed by atoms with Gasteiger partial charge in [-0.25, -0.2) is 0 Å². The zero-order chi connectivity index (χ0) is 19.2. The average molecular weight is 408 g/mol. The van der Waals surface area contributed by atoms with E-state index >= 15 is 0 Å². The van der Waals surface area contributed by atoms with Crippen molar-refractivity contribution in [1.29, 1.82) is 0 Å². The SMILES string of the molecule is CNC(=O)c1ccc(NCC2CN(Cc3cccc(Cl)c3Cl)CCO2)cc1. The monoisotopic (exact) mass is 407 g/mol. The molecule has 1 atom stereocenters. The molecule has 0 aliphatic carbocycles. The number of carbonyl (C=O) groups excluding carboxylic acids is 1. The van der Waals surface area contributed by atoms with E-state index in [0.717, 1.165) is 30.9 Å². The van der Waals surface area contributed by atoms with Crippen LogP contribution in [0.4, 0.5) is 5.69 Å². The van der Waals surface area contributed by atoms with Crippen molar-refractivity contribution < 1.29 is 9.53 Å². The zero-order valence-corrected chi connectivity index (χ0v) is 16.7. The fraction of sp³-hybridized carbons (Fsp3) is 0.350. The van der Waals surface area contributed by atoms with Gasteiger partial charge in [-0.15, -0.1) is 0 Å². The van der Waals surface area contributed by atoms with Crippen LogP contribution in [0.25, 0.3) is 0 Å². The fourth-order valence-electron chi connectivity index (χ4n) is 3.07. The molecule has 3 rings (SSSR count). The Kier molecular flexibility index (Phi) is 6.96. The van der Waals surface area contributed by atoms with Gasteiger partial charge >= 0.3 is 0 Å². The van der Waals surface area contributed by atoms with E-state index in [1.165, 1.54) is 0 Å². The fourth-order valence-corrected chi connectivity index (χ4v) is 3.45. The summed E-state index contributed by atoms with van der Waals surface area (Å²) in [5, 5.41) is 7.19. The minimum absolute atomic E-state index is 0.0790. The number of anilines is 1. The Morgan fingerprint density at radius 2 is 2.00 bits per heavy atom. The van der Waals surface area contributed by atoms with Crippen LogP contribution in [0.15, 0.2) is 42.5 Å². The van der Waals surface area contributed by atoms with Gasteiger partial charge in [0.2, 0.25) is 0 Å². The molecule has 0 aromatic heterocycles. The Labute approximate surface area is 169 Å². The number of amides is 1. The maximum Gasteiger partial charge on any atom is 0.251 e. The Balaban J connectivity index is 1.52. The summed E-state index contributed by atoms with van der Waals surface area (Å²) >= 11 is 12.4. The molecule has 1 saturated heterocycles. The van der Waals surface area contributed by atoms with Gasteiger partial charge in [0, 0.05) is 44.5 Å². The molecule has 1 aliphatic heterocycles. The van der Waals surface area contributed by atoms with Gasteiger partial charge in [-0.3, -0.25) is 9.69 Å². The van der Waals surface area contributed by atoms with E-state index in [4.69, 9.17) is 27.9 Å². The van der Waals surface area contributed by atoms with Gasteiger partial charge in [-0.1, -0.05) is 35.3 Å². The summed E-state index contributed by atoms with van der Waals surface area (Å²) in [6.45, 7) is 3.80. The molecule has 1 aliphatic rings. The Hall–Kier alpha value is -1.79. The summed E-state index contributed by atoms with van der Waals surface area (Å²) in [7, 11) is 1.62. The van der Waals surface area contributed by atoms with Crippen molar-refractivity contribution in [2.75, 3.05) is 38.6 Å². The third kappa shape index (κ3) is 5.36. The van der Waals surface area contributed by atoms with Gasteiger partial charge in [-0.2, -0.15) is 0 Å². The smallest absolute Gasteiger partial charge is 0.251 e. The third-order valence-corrected chi connectivity index (χ3v) is 5.41. The second-order valence-corrected chi connectivity index (χ2v) is 7.26. The van der Waals surface area contributed by atoms with Crippen molar-refractivity contribution in [2.45, 2.75) is 12.6 Å². The van der Waals surface area contributed by atoms with E-state index in [1.54, 1.807) is 25.2 Å². The summed E-state index contributed by atoms with van der Waals surface area (Å²) in [4.78, 5) is 13.9. The van der Waals surface area contributed by atoms with Gasteiger partial charge in [0.1, 0.15) is 0 Å². The van der Waals surface area contributed by atoms with Crippen LogP contribution in [0, 0.1) is 0 Å². The highest BCUT2D eigenvalue weighted by molar-refractivity contribution is 6.42. The molecule has 2 N–H and O–H groups in total. The Morgan fingerprint density at radius 1 is 1.22 bits per heavy atom. The maximum atomic E-state index is 11.6. The number of hydrogen-bond acceptors (Lipinski definition) is 4. The highest BCUT2D eigenvalue weighted by Gasteiger charge is 2.21. The molecule has 2 aromatic carbocycles. The Bertz CT molecular complexity index is 783. The number of rotatable bonds is 6. The zero-order valence-electron chi connectivity index (χ0n) is 15.2. The van der Waals surface area contributed by atoms with Crippen LogP contribution in [-0.4, -0.2) is 50.2 Å². The molecule has 1 fully saturated rings. The van der Waals surface area contributed by atoms with E-state index < -0.39 is 0 Å². The van der Waals surface area contributed by atoms with Crippen molar-refractivity contribution in [1.82, 2.24) is 10.2 Å². The van der Waals surface area contributed by atoms with E-state index in [2.05, 4.69) is 15.5 Å². The predicted molar refractivity (Wildman–Crippen MR) is 110 cm³/mol. The number of nitrogens with zero attached hydrogens (tertiary/aromatic N) is 1. The topological polar surface area (TPSA) is 53.6 Å². The van der Waals surface area contributed by atoms with Crippen LogP contribution in [0.1, 0.15) is 15.9 Å². The molecule has 0 spiro atoms. The lowest BCUT2D eigenvalue weighted by Crippen LogP contribution is -2.44. The summed E-state index contributed by atoms with van der Waals surface area (Å²) in [6.07, 6.45) is 0.0790. The maximum absolute atomic E-state index is 11.6. The molecule has 27 heavy (non-hydrogen) atoms. The molecule has 1 heterocycles. The summed E-state index contributed by atoms with van der Waals surface area (Å²) in [5.41, 5.74) is 2.63. The van der Waals surface area contributed by atoms with Crippen molar-refractivity contribution in [2.24, 2.45) is 0 Å². The van der Waals surface area contributed by atoms with Crippen molar-refractivity contribution in [3.63, 3.8) is 0 Å². The largest absolute Gasteiger partial charge is 0.382 e. The third-order valence-electron chi connectivity index (χ3n) is 4.56. The first kappa shape index (κ1) is 20.0. The highest BCUT2D eigenvalue weighted by atomic mass is 35.5. The van der Waals surface area contributed by atoms with Crippen LogP contribution in [0.2, 0.25) is 10.0 Å². The van der Waals surface area contributed by atoms with E-state index in [-0.39, 0.29) is 12.0 Å².